The maximum absolute atomic E-state index is 12.2. The molecule has 3 heteroatoms. The summed E-state index contributed by atoms with van der Waals surface area (Å²) >= 11 is 5.11. The molecule has 2 saturated carbocycles. The van der Waals surface area contributed by atoms with Gasteiger partial charge in [0.05, 0.1) is 3.79 Å². The number of hydrogen-bond donors (Lipinski definition) is 0. The maximum atomic E-state index is 12.2. The van der Waals surface area contributed by atoms with Crippen molar-refractivity contribution in [1.82, 2.24) is 0 Å². The normalized spacial score (nSPS) is 32.8. The number of aryl methyl sites for hydroxylation is 1. The summed E-state index contributed by atoms with van der Waals surface area (Å²) in [5.41, 5.74) is 0.957. The fraction of sp³-hybridized carbons (Fsp3) is 0.583. The number of rotatable bonds is 2. The minimum atomic E-state index is 0.328. The predicted molar refractivity (Wildman–Crippen MR) is 65.4 cm³/mol. The molecule has 2 fully saturated rings. The van der Waals surface area contributed by atoms with Gasteiger partial charge in [0.15, 0.2) is 5.78 Å². The van der Waals surface area contributed by atoms with E-state index in [-0.39, 0.29) is 0 Å². The van der Waals surface area contributed by atoms with Gasteiger partial charge in [-0.25, -0.2) is 0 Å². The zero-order chi connectivity index (χ0) is 10.6. The molecule has 2 aliphatic carbocycles. The van der Waals surface area contributed by atoms with Crippen LogP contribution in [-0.4, -0.2) is 5.78 Å². The van der Waals surface area contributed by atoms with Gasteiger partial charge < -0.3 is 0 Å². The lowest BCUT2D eigenvalue weighted by Crippen LogP contribution is -2.13. The van der Waals surface area contributed by atoms with E-state index < -0.39 is 0 Å². The average Bonchev–Trinajstić information content (AvgIpc) is 2.65. The van der Waals surface area contributed by atoms with E-state index in [0.29, 0.717) is 11.7 Å². The number of hydrogen-bond acceptors (Lipinski definition) is 2. The molecule has 0 saturated heterocycles. The van der Waals surface area contributed by atoms with Crippen molar-refractivity contribution in [3.05, 3.63) is 20.3 Å². The molecule has 1 nitrogen and oxygen atoms in total. The van der Waals surface area contributed by atoms with Crippen LogP contribution in [0.3, 0.4) is 0 Å². The summed E-state index contributed by atoms with van der Waals surface area (Å²) in [6, 6.07) is 1.99. The molecule has 2 atom stereocenters. The predicted octanol–water partition coefficient (Wildman–Crippen LogP) is 4.05. The second-order valence-electron chi connectivity index (χ2n) is 4.81. The number of thiophene rings is 1. The molecule has 0 radical (unpaired) electrons. The molecule has 2 unspecified atom stereocenters. The van der Waals surface area contributed by atoms with Crippen LogP contribution in [0, 0.1) is 24.7 Å². The largest absolute Gasteiger partial charge is 0.294 e. The number of fused-ring (bicyclic) bond motifs is 1. The van der Waals surface area contributed by atoms with Gasteiger partial charge in [-0.1, -0.05) is 0 Å². The van der Waals surface area contributed by atoms with Crippen LogP contribution in [0.4, 0.5) is 0 Å². The number of carbonyl (C=O) groups is 1. The Labute approximate surface area is 102 Å². The van der Waals surface area contributed by atoms with Gasteiger partial charge in [0.1, 0.15) is 0 Å². The molecular formula is C12H13BrOS. The van der Waals surface area contributed by atoms with Crippen LogP contribution in [0.1, 0.15) is 34.5 Å². The molecule has 15 heavy (non-hydrogen) atoms. The summed E-state index contributed by atoms with van der Waals surface area (Å²) in [6.07, 6.45) is 3.68. The van der Waals surface area contributed by atoms with E-state index in [1.165, 1.54) is 6.42 Å². The molecular weight excluding hydrogens is 272 g/mol. The zero-order valence-electron chi connectivity index (χ0n) is 8.63. The number of ketones is 1. The first kappa shape index (κ1) is 10.0. The molecule has 0 aromatic carbocycles. The highest BCUT2D eigenvalue weighted by Gasteiger charge is 2.48. The highest BCUT2D eigenvalue weighted by atomic mass is 79.9. The van der Waals surface area contributed by atoms with Gasteiger partial charge >= 0.3 is 0 Å². The van der Waals surface area contributed by atoms with Gasteiger partial charge in [0, 0.05) is 16.4 Å². The van der Waals surface area contributed by atoms with E-state index in [1.54, 1.807) is 11.3 Å². The molecule has 0 aliphatic heterocycles. The first-order valence-electron chi connectivity index (χ1n) is 5.45. The van der Waals surface area contributed by atoms with Crippen molar-refractivity contribution in [2.45, 2.75) is 26.2 Å². The van der Waals surface area contributed by atoms with Gasteiger partial charge in [-0.2, -0.15) is 0 Å². The first-order valence-corrected chi connectivity index (χ1v) is 7.06. The molecule has 1 aromatic heterocycles. The fourth-order valence-corrected chi connectivity index (χ4v) is 4.54. The van der Waals surface area contributed by atoms with Gasteiger partial charge in [-0.05, 0) is 60.0 Å². The van der Waals surface area contributed by atoms with Crippen molar-refractivity contribution in [2.24, 2.45) is 17.8 Å². The average molecular weight is 285 g/mol. The van der Waals surface area contributed by atoms with E-state index in [1.807, 2.05) is 13.0 Å². The van der Waals surface area contributed by atoms with Crippen LogP contribution in [0.5, 0.6) is 0 Å². The Hall–Kier alpha value is -0.150. The SMILES string of the molecule is Cc1sc(Br)cc1C(=O)C1CC2CC2C1. The van der Waals surface area contributed by atoms with E-state index >= 15 is 0 Å². The Morgan fingerprint density at radius 1 is 1.40 bits per heavy atom. The standard InChI is InChI=1S/C12H13BrOS/c1-6-10(5-11(13)15-6)12(14)9-3-7-2-8(7)4-9/h5,7-9H,2-4H2,1H3. The van der Waals surface area contributed by atoms with Crippen LogP contribution >= 0.6 is 27.3 Å². The van der Waals surface area contributed by atoms with E-state index in [0.717, 1.165) is 38.9 Å². The van der Waals surface area contributed by atoms with Crippen molar-refractivity contribution in [3.63, 3.8) is 0 Å². The van der Waals surface area contributed by atoms with Gasteiger partial charge in [-0.3, -0.25) is 4.79 Å². The third-order valence-corrected chi connectivity index (χ3v) is 5.32. The lowest BCUT2D eigenvalue weighted by atomic mass is 9.94. The van der Waals surface area contributed by atoms with Crippen LogP contribution in [-0.2, 0) is 0 Å². The van der Waals surface area contributed by atoms with Gasteiger partial charge in [-0.15, -0.1) is 11.3 Å². The quantitative estimate of drug-likeness (QED) is 0.749. The molecule has 80 valence electrons. The van der Waals surface area contributed by atoms with Crippen LogP contribution < -0.4 is 0 Å². The van der Waals surface area contributed by atoms with Crippen molar-refractivity contribution < 1.29 is 4.79 Å². The van der Waals surface area contributed by atoms with E-state index in [2.05, 4.69) is 15.9 Å². The molecule has 0 N–H and O–H groups in total. The summed E-state index contributed by atoms with van der Waals surface area (Å²) in [5.74, 6) is 2.50. The van der Waals surface area contributed by atoms with Crippen molar-refractivity contribution >= 4 is 33.0 Å². The highest BCUT2D eigenvalue weighted by Crippen LogP contribution is 2.55. The monoisotopic (exact) mass is 284 g/mol. The molecule has 3 rings (SSSR count). The second-order valence-corrected chi connectivity index (χ2v) is 7.44. The van der Waals surface area contributed by atoms with Gasteiger partial charge in [0.2, 0.25) is 0 Å². The highest BCUT2D eigenvalue weighted by molar-refractivity contribution is 9.11. The Bertz CT molecular complexity index is 413. The minimum Gasteiger partial charge on any atom is -0.294 e. The summed E-state index contributed by atoms with van der Waals surface area (Å²) in [5, 5.41) is 0. The lowest BCUT2D eigenvalue weighted by Gasteiger charge is -2.09. The molecule has 1 aromatic rings. The molecule has 2 aliphatic rings. The smallest absolute Gasteiger partial charge is 0.167 e. The summed E-state index contributed by atoms with van der Waals surface area (Å²) < 4.78 is 1.08. The Kier molecular flexibility index (Phi) is 2.29. The number of halogens is 1. The minimum absolute atomic E-state index is 0.328. The van der Waals surface area contributed by atoms with Crippen molar-refractivity contribution in [1.29, 1.82) is 0 Å². The molecule has 0 spiro atoms. The Balaban J connectivity index is 1.81. The van der Waals surface area contributed by atoms with E-state index in [4.69, 9.17) is 0 Å². The Morgan fingerprint density at radius 3 is 2.60 bits per heavy atom. The van der Waals surface area contributed by atoms with Crippen molar-refractivity contribution in [3.8, 4) is 0 Å². The third-order valence-electron chi connectivity index (χ3n) is 3.77. The Morgan fingerprint density at radius 2 is 2.07 bits per heavy atom. The van der Waals surface area contributed by atoms with Crippen molar-refractivity contribution in [2.75, 3.05) is 0 Å². The topological polar surface area (TPSA) is 17.1 Å². The summed E-state index contributed by atoms with van der Waals surface area (Å²) in [6.45, 7) is 2.04. The maximum Gasteiger partial charge on any atom is 0.167 e. The van der Waals surface area contributed by atoms with Gasteiger partial charge in [0.25, 0.3) is 0 Å². The summed E-state index contributed by atoms with van der Waals surface area (Å²) in [4.78, 5) is 13.4. The number of carbonyl (C=O) groups excluding carboxylic acids is 1. The number of Topliss-reactive ketones (excluding diaryl/α,β-unsaturated/α-hetero) is 1. The summed E-state index contributed by atoms with van der Waals surface area (Å²) in [7, 11) is 0. The fourth-order valence-electron chi connectivity index (χ4n) is 2.84. The lowest BCUT2D eigenvalue weighted by molar-refractivity contribution is 0.0914. The zero-order valence-corrected chi connectivity index (χ0v) is 11.0. The molecule has 1 heterocycles. The van der Waals surface area contributed by atoms with Crippen LogP contribution in [0.15, 0.2) is 9.85 Å². The first-order chi connectivity index (χ1) is 7.15. The molecule has 0 bridgehead atoms. The third kappa shape index (κ3) is 1.70. The second kappa shape index (κ2) is 3.42. The molecule has 0 amide bonds. The van der Waals surface area contributed by atoms with Crippen LogP contribution in [0.25, 0.3) is 0 Å². The van der Waals surface area contributed by atoms with Crippen LogP contribution in [0.2, 0.25) is 0 Å². The van der Waals surface area contributed by atoms with E-state index in [9.17, 15) is 4.79 Å².